The van der Waals surface area contributed by atoms with Gasteiger partial charge in [-0.05, 0) is 43.0 Å². The first-order valence-electron chi connectivity index (χ1n) is 10.8. The number of nitrogens with one attached hydrogen (secondary N) is 1. The molecule has 1 fully saturated rings. The number of hydrogen-bond acceptors (Lipinski definition) is 7. The van der Waals surface area contributed by atoms with Gasteiger partial charge in [-0.15, -0.1) is 15.3 Å². The molecular weight excluding hydrogens is 453 g/mol. The Morgan fingerprint density at radius 1 is 1.12 bits per heavy atom. The molecular formula is C22H25F3N6O3. The molecule has 9 nitrogen and oxygen atoms in total. The van der Waals surface area contributed by atoms with Crippen LogP contribution in [-0.4, -0.2) is 59.6 Å². The highest BCUT2D eigenvalue weighted by atomic mass is 19.4. The second-order valence-corrected chi connectivity index (χ2v) is 7.96. The Balaban J connectivity index is 1.31. The molecule has 0 saturated carbocycles. The zero-order valence-corrected chi connectivity index (χ0v) is 18.8. The summed E-state index contributed by atoms with van der Waals surface area (Å²) in [5.41, 5.74) is 0.992. The molecule has 1 saturated heterocycles. The van der Waals surface area contributed by atoms with Crippen molar-refractivity contribution in [2.45, 2.75) is 25.4 Å². The molecule has 34 heavy (non-hydrogen) atoms. The molecule has 0 atom stereocenters. The Morgan fingerprint density at radius 3 is 2.56 bits per heavy atom. The van der Waals surface area contributed by atoms with Crippen LogP contribution in [0.25, 0.3) is 5.65 Å². The number of amides is 1. The van der Waals surface area contributed by atoms with Crippen LogP contribution >= 0.6 is 0 Å². The SMILES string of the molecule is COc1ccc(CCNC(=O)C2CCN(c3ccc4nnc(C(F)(F)F)n4n3)CC2)c(OC)c1. The fourth-order valence-electron chi connectivity index (χ4n) is 4.02. The van der Waals surface area contributed by atoms with E-state index in [1.165, 1.54) is 6.07 Å². The number of ether oxygens (including phenoxy) is 2. The van der Waals surface area contributed by atoms with Gasteiger partial charge in [-0.1, -0.05) is 6.07 Å². The average Bonchev–Trinajstić information content (AvgIpc) is 3.28. The Kier molecular flexibility index (Phi) is 6.75. The van der Waals surface area contributed by atoms with E-state index in [9.17, 15) is 18.0 Å². The summed E-state index contributed by atoms with van der Waals surface area (Å²) < 4.78 is 50.6. The lowest BCUT2D eigenvalue weighted by molar-refractivity contribution is -0.146. The standard InChI is InChI=1S/C22H25F3N6O3/c1-33-16-4-3-14(17(13-16)34-2)7-10-26-20(32)15-8-11-30(12-9-15)19-6-5-18-27-28-21(22(23,24)25)31(18)29-19/h3-6,13,15H,7-12H2,1-2H3,(H,26,32). The van der Waals surface area contributed by atoms with Crippen LogP contribution in [-0.2, 0) is 17.4 Å². The summed E-state index contributed by atoms with van der Waals surface area (Å²) in [4.78, 5) is 14.5. The molecule has 1 amide bonds. The van der Waals surface area contributed by atoms with Crippen LogP contribution in [0.5, 0.6) is 11.5 Å². The second-order valence-electron chi connectivity index (χ2n) is 7.96. The van der Waals surface area contributed by atoms with Gasteiger partial charge in [0.25, 0.3) is 5.82 Å². The molecule has 1 N–H and O–H groups in total. The quantitative estimate of drug-likeness (QED) is 0.558. The van der Waals surface area contributed by atoms with Crippen LogP contribution in [0.1, 0.15) is 24.2 Å². The number of carbonyl (C=O) groups excluding carboxylic acids is 1. The van der Waals surface area contributed by atoms with Crippen molar-refractivity contribution in [3.63, 3.8) is 0 Å². The van der Waals surface area contributed by atoms with Crippen molar-refractivity contribution in [2.75, 3.05) is 38.8 Å². The molecule has 0 unspecified atom stereocenters. The average molecular weight is 478 g/mol. The van der Waals surface area contributed by atoms with E-state index in [2.05, 4.69) is 20.6 Å². The molecule has 1 aliphatic heterocycles. The van der Waals surface area contributed by atoms with E-state index in [1.807, 2.05) is 17.0 Å². The van der Waals surface area contributed by atoms with Gasteiger partial charge in [-0.2, -0.15) is 17.7 Å². The molecule has 4 rings (SSSR count). The minimum atomic E-state index is -4.65. The maximum Gasteiger partial charge on any atom is 0.453 e. The lowest BCUT2D eigenvalue weighted by Crippen LogP contribution is -2.41. The lowest BCUT2D eigenvalue weighted by Gasteiger charge is -2.32. The monoisotopic (exact) mass is 478 g/mol. The molecule has 0 aliphatic carbocycles. The maximum atomic E-state index is 13.1. The van der Waals surface area contributed by atoms with Crippen LogP contribution < -0.4 is 19.7 Å². The van der Waals surface area contributed by atoms with Crippen LogP contribution in [0.4, 0.5) is 19.0 Å². The van der Waals surface area contributed by atoms with Gasteiger partial charge in [0.05, 0.1) is 14.2 Å². The summed E-state index contributed by atoms with van der Waals surface area (Å²) in [6.45, 7) is 1.48. The van der Waals surface area contributed by atoms with Crippen molar-refractivity contribution in [3.8, 4) is 11.5 Å². The molecule has 1 aliphatic rings. The van der Waals surface area contributed by atoms with Gasteiger partial charge >= 0.3 is 6.18 Å². The van der Waals surface area contributed by atoms with Crippen molar-refractivity contribution in [2.24, 2.45) is 5.92 Å². The van der Waals surface area contributed by atoms with Crippen molar-refractivity contribution in [1.29, 1.82) is 0 Å². The molecule has 0 bridgehead atoms. The molecule has 3 heterocycles. The van der Waals surface area contributed by atoms with Crippen LogP contribution in [0.15, 0.2) is 30.3 Å². The number of rotatable bonds is 7. The van der Waals surface area contributed by atoms with E-state index in [1.54, 1.807) is 26.4 Å². The van der Waals surface area contributed by atoms with Crippen molar-refractivity contribution in [3.05, 3.63) is 41.7 Å². The summed E-state index contributed by atoms with van der Waals surface area (Å²) in [6, 6.07) is 8.63. The molecule has 1 aromatic carbocycles. The highest BCUT2D eigenvalue weighted by Gasteiger charge is 2.38. The smallest absolute Gasteiger partial charge is 0.453 e. The summed E-state index contributed by atoms with van der Waals surface area (Å²) in [5.74, 6) is 0.430. The Morgan fingerprint density at radius 2 is 1.88 bits per heavy atom. The number of nitrogens with zero attached hydrogens (tertiary/aromatic N) is 5. The van der Waals surface area contributed by atoms with Crippen LogP contribution in [0, 0.1) is 5.92 Å². The number of halogens is 3. The van der Waals surface area contributed by atoms with Crippen LogP contribution in [0.2, 0.25) is 0 Å². The second kappa shape index (κ2) is 9.74. The maximum absolute atomic E-state index is 13.1. The largest absolute Gasteiger partial charge is 0.497 e. The van der Waals surface area contributed by atoms with Gasteiger partial charge in [0.1, 0.15) is 17.3 Å². The van der Waals surface area contributed by atoms with Gasteiger partial charge < -0.3 is 19.7 Å². The topological polar surface area (TPSA) is 93.9 Å². The third-order valence-electron chi connectivity index (χ3n) is 5.88. The van der Waals surface area contributed by atoms with E-state index in [-0.39, 0.29) is 17.5 Å². The first-order chi connectivity index (χ1) is 16.3. The summed E-state index contributed by atoms with van der Waals surface area (Å²) in [6.07, 6.45) is -2.88. The Hall–Kier alpha value is -3.57. The zero-order valence-electron chi connectivity index (χ0n) is 18.8. The third-order valence-corrected chi connectivity index (χ3v) is 5.88. The predicted molar refractivity (Wildman–Crippen MR) is 117 cm³/mol. The number of carbonyl (C=O) groups is 1. The Labute approximate surface area is 193 Å². The van der Waals surface area contributed by atoms with Gasteiger partial charge in [0.2, 0.25) is 5.91 Å². The summed E-state index contributed by atoms with van der Waals surface area (Å²) in [5, 5.41) is 13.8. The van der Waals surface area contributed by atoms with Gasteiger partial charge in [0.15, 0.2) is 5.65 Å². The number of piperidine rings is 1. The van der Waals surface area contributed by atoms with Crippen molar-refractivity contribution >= 4 is 17.4 Å². The fourth-order valence-corrected chi connectivity index (χ4v) is 4.02. The summed E-state index contributed by atoms with van der Waals surface area (Å²) >= 11 is 0. The molecule has 0 spiro atoms. The van der Waals surface area contributed by atoms with Crippen molar-refractivity contribution in [1.82, 2.24) is 25.1 Å². The van der Waals surface area contributed by atoms with E-state index in [4.69, 9.17) is 9.47 Å². The Bertz CT molecular complexity index is 1160. The lowest BCUT2D eigenvalue weighted by atomic mass is 9.96. The number of alkyl halides is 3. The minimum Gasteiger partial charge on any atom is -0.497 e. The molecule has 12 heteroatoms. The number of methoxy groups -OCH3 is 2. The van der Waals surface area contributed by atoms with Gasteiger partial charge in [0, 0.05) is 31.6 Å². The normalized spacial score (nSPS) is 14.9. The first kappa shape index (κ1) is 23.6. The molecule has 0 radical (unpaired) electrons. The molecule has 2 aromatic heterocycles. The fraction of sp³-hybridized carbons (Fsp3) is 0.455. The van der Waals surface area contributed by atoms with Crippen LogP contribution in [0.3, 0.4) is 0 Å². The van der Waals surface area contributed by atoms with Gasteiger partial charge in [-0.25, -0.2) is 0 Å². The number of anilines is 1. The van der Waals surface area contributed by atoms with Crippen molar-refractivity contribution < 1.29 is 27.4 Å². The number of hydrogen-bond donors (Lipinski definition) is 1. The van der Waals surface area contributed by atoms with E-state index in [0.29, 0.717) is 60.7 Å². The van der Waals surface area contributed by atoms with E-state index in [0.717, 1.165) is 5.56 Å². The highest BCUT2D eigenvalue weighted by molar-refractivity contribution is 5.79. The van der Waals surface area contributed by atoms with E-state index >= 15 is 0 Å². The zero-order chi connectivity index (χ0) is 24.3. The predicted octanol–water partition coefficient (Wildman–Crippen LogP) is 2.74. The molecule has 3 aromatic rings. The van der Waals surface area contributed by atoms with Gasteiger partial charge in [-0.3, -0.25) is 4.79 Å². The highest BCUT2D eigenvalue weighted by Crippen LogP contribution is 2.29. The number of benzene rings is 1. The minimum absolute atomic E-state index is 0.0267. The van der Waals surface area contributed by atoms with E-state index < -0.39 is 12.0 Å². The molecule has 182 valence electrons. The third kappa shape index (κ3) is 5.00. The number of fused-ring (bicyclic) bond motifs is 1. The summed E-state index contributed by atoms with van der Waals surface area (Å²) in [7, 11) is 3.17. The first-order valence-corrected chi connectivity index (χ1v) is 10.8. The number of aromatic nitrogens is 4.